The highest BCUT2D eigenvalue weighted by Gasteiger charge is 2.16. The third-order valence-corrected chi connectivity index (χ3v) is 5.51. The zero-order valence-corrected chi connectivity index (χ0v) is 15.3. The van der Waals surface area contributed by atoms with Gasteiger partial charge < -0.3 is 9.64 Å². The molecule has 2 aromatic rings. The average molecular weight is 413 g/mol. The van der Waals surface area contributed by atoms with E-state index in [1.165, 1.54) is 0 Å². The zero-order valence-electron chi connectivity index (χ0n) is 12.9. The van der Waals surface area contributed by atoms with Crippen LogP contribution in [0.15, 0.2) is 45.9 Å². The highest BCUT2D eigenvalue weighted by molar-refractivity contribution is 9.10. The summed E-state index contributed by atoms with van der Waals surface area (Å²) in [6.07, 6.45) is 1.64. The van der Waals surface area contributed by atoms with Gasteiger partial charge in [0.15, 0.2) is 0 Å². The molecule has 3 rings (SSSR count). The molecule has 0 spiro atoms. The van der Waals surface area contributed by atoms with Gasteiger partial charge in [-0.1, -0.05) is 15.9 Å². The van der Waals surface area contributed by atoms with Gasteiger partial charge in [0.1, 0.15) is 0 Å². The molecule has 0 atom stereocenters. The first-order valence-corrected chi connectivity index (χ1v) is 9.72. The topological polar surface area (TPSA) is 84.4 Å². The minimum absolute atomic E-state index is 0.109. The Bertz CT molecular complexity index is 793. The van der Waals surface area contributed by atoms with Crippen molar-refractivity contribution in [3.8, 4) is 0 Å². The van der Waals surface area contributed by atoms with E-state index in [4.69, 9.17) is 4.74 Å². The van der Waals surface area contributed by atoms with Gasteiger partial charge >= 0.3 is 0 Å². The molecule has 1 saturated heterocycles. The summed E-state index contributed by atoms with van der Waals surface area (Å²) in [5, 5.41) is 0. The van der Waals surface area contributed by atoms with Crippen molar-refractivity contribution in [1.29, 1.82) is 0 Å². The number of nitrogens with one attached hydrogen (secondary N) is 1. The molecule has 1 aliphatic rings. The second kappa shape index (κ2) is 7.56. The predicted octanol–water partition coefficient (Wildman–Crippen LogP) is 1.55. The summed E-state index contributed by atoms with van der Waals surface area (Å²) in [4.78, 5) is 10.9. The van der Waals surface area contributed by atoms with Gasteiger partial charge in [-0.15, -0.1) is 0 Å². The standard InChI is InChI=1S/C15H17BrN4O3S/c16-12-1-3-14(4-2-12)24(21,22)18-11-13-5-6-17-15(19-13)20-7-9-23-10-8-20/h1-6,18H,7-11H2. The molecule has 1 N–H and O–H groups in total. The van der Waals surface area contributed by atoms with Crippen LogP contribution in [0.2, 0.25) is 0 Å². The molecular formula is C15H17BrN4O3S. The number of halogens is 1. The number of benzene rings is 1. The molecule has 24 heavy (non-hydrogen) atoms. The average Bonchev–Trinajstić information content (AvgIpc) is 2.61. The van der Waals surface area contributed by atoms with Crippen molar-refractivity contribution in [2.45, 2.75) is 11.4 Å². The SMILES string of the molecule is O=S(=O)(NCc1ccnc(N2CCOCC2)n1)c1ccc(Br)cc1. The zero-order chi connectivity index (χ0) is 17.0. The molecule has 0 saturated carbocycles. The molecule has 1 aromatic heterocycles. The van der Waals surface area contributed by atoms with Crippen molar-refractivity contribution in [1.82, 2.24) is 14.7 Å². The normalized spacial score (nSPS) is 15.5. The molecule has 128 valence electrons. The molecule has 0 bridgehead atoms. The van der Waals surface area contributed by atoms with Crippen LogP contribution in [0.5, 0.6) is 0 Å². The van der Waals surface area contributed by atoms with E-state index in [0.717, 1.165) is 17.6 Å². The van der Waals surface area contributed by atoms with Crippen molar-refractivity contribution < 1.29 is 13.2 Å². The number of nitrogens with zero attached hydrogens (tertiary/aromatic N) is 3. The molecule has 1 aromatic carbocycles. The number of sulfonamides is 1. The van der Waals surface area contributed by atoms with Gasteiger partial charge in [-0.25, -0.2) is 23.1 Å². The van der Waals surface area contributed by atoms with Crippen molar-refractivity contribution in [2.24, 2.45) is 0 Å². The van der Waals surface area contributed by atoms with E-state index in [9.17, 15) is 8.42 Å². The van der Waals surface area contributed by atoms with E-state index >= 15 is 0 Å². The smallest absolute Gasteiger partial charge is 0.240 e. The van der Waals surface area contributed by atoms with E-state index in [0.29, 0.717) is 24.9 Å². The Kier molecular flexibility index (Phi) is 5.44. The van der Waals surface area contributed by atoms with Crippen LogP contribution in [0.1, 0.15) is 5.69 Å². The maximum atomic E-state index is 12.3. The third kappa shape index (κ3) is 4.29. The van der Waals surface area contributed by atoms with Crippen molar-refractivity contribution >= 4 is 31.9 Å². The summed E-state index contributed by atoms with van der Waals surface area (Å²) in [5.41, 5.74) is 0.618. The molecule has 1 aliphatic heterocycles. The van der Waals surface area contributed by atoms with Crippen LogP contribution in [-0.4, -0.2) is 44.7 Å². The Balaban J connectivity index is 1.68. The Labute approximate surface area is 149 Å². The maximum absolute atomic E-state index is 12.3. The number of aromatic nitrogens is 2. The van der Waals surface area contributed by atoms with Gasteiger partial charge in [0.2, 0.25) is 16.0 Å². The second-order valence-electron chi connectivity index (χ2n) is 5.23. The fourth-order valence-corrected chi connectivity index (χ4v) is 3.53. The van der Waals surface area contributed by atoms with Gasteiger partial charge in [-0.3, -0.25) is 0 Å². The number of ether oxygens (including phenoxy) is 1. The summed E-state index contributed by atoms with van der Waals surface area (Å²) < 4.78 is 33.3. The number of hydrogen-bond acceptors (Lipinski definition) is 6. The Morgan fingerprint density at radius 1 is 1.17 bits per heavy atom. The van der Waals surface area contributed by atoms with Crippen molar-refractivity contribution in [2.75, 3.05) is 31.2 Å². The van der Waals surface area contributed by atoms with Crippen LogP contribution in [0.3, 0.4) is 0 Å². The summed E-state index contributed by atoms with van der Waals surface area (Å²) in [5.74, 6) is 0.596. The molecule has 0 amide bonds. The quantitative estimate of drug-likeness (QED) is 0.801. The number of morpholine rings is 1. The van der Waals surface area contributed by atoms with Gasteiger partial charge in [0.25, 0.3) is 0 Å². The van der Waals surface area contributed by atoms with Gasteiger partial charge in [0.05, 0.1) is 30.3 Å². The Hall–Kier alpha value is -1.55. The van der Waals surface area contributed by atoms with Gasteiger partial charge in [0, 0.05) is 23.8 Å². The monoisotopic (exact) mass is 412 g/mol. The molecule has 0 radical (unpaired) electrons. The fraction of sp³-hybridized carbons (Fsp3) is 0.333. The van der Waals surface area contributed by atoms with Crippen LogP contribution >= 0.6 is 15.9 Å². The number of hydrogen-bond donors (Lipinski definition) is 1. The van der Waals surface area contributed by atoms with Crippen LogP contribution in [0.25, 0.3) is 0 Å². The van der Waals surface area contributed by atoms with Gasteiger partial charge in [-0.05, 0) is 30.3 Å². The second-order valence-corrected chi connectivity index (χ2v) is 7.91. The molecular weight excluding hydrogens is 396 g/mol. The predicted molar refractivity (Wildman–Crippen MR) is 93.2 cm³/mol. The number of rotatable bonds is 5. The first-order chi connectivity index (χ1) is 11.5. The highest BCUT2D eigenvalue weighted by Crippen LogP contribution is 2.15. The molecule has 0 aliphatic carbocycles. The minimum Gasteiger partial charge on any atom is -0.378 e. The summed E-state index contributed by atoms with van der Waals surface area (Å²) in [7, 11) is -3.58. The van der Waals surface area contributed by atoms with E-state index in [-0.39, 0.29) is 11.4 Å². The van der Waals surface area contributed by atoms with Crippen molar-refractivity contribution in [3.63, 3.8) is 0 Å². The first kappa shape index (κ1) is 17.3. The van der Waals surface area contributed by atoms with Crippen LogP contribution in [0, 0.1) is 0 Å². The third-order valence-electron chi connectivity index (χ3n) is 3.56. The molecule has 9 heteroatoms. The largest absolute Gasteiger partial charge is 0.378 e. The first-order valence-electron chi connectivity index (χ1n) is 7.44. The maximum Gasteiger partial charge on any atom is 0.240 e. The fourth-order valence-electron chi connectivity index (χ4n) is 2.26. The lowest BCUT2D eigenvalue weighted by Crippen LogP contribution is -2.37. The number of anilines is 1. The lowest BCUT2D eigenvalue weighted by Gasteiger charge is -2.26. The Morgan fingerprint density at radius 3 is 2.58 bits per heavy atom. The molecule has 1 fully saturated rings. The van der Waals surface area contributed by atoms with E-state index < -0.39 is 10.0 Å². The summed E-state index contributed by atoms with van der Waals surface area (Å²) in [6, 6.07) is 8.18. The lowest BCUT2D eigenvalue weighted by atomic mass is 10.4. The van der Waals surface area contributed by atoms with E-state index in [1.54, 1.807) is 36.5 Å². The van der Waals surface area contributed by atoms with Crippen LogP contribution in [-0.2, 0) is 21.3 Å². The van der Waals surface area contributed by atoms with E-state index in [2.05, 4.69) is 30.6 Å². The van der Waals surface area contributed by atoms with E-state index in [1.807, 2.05) is 4.90 Å². The molecule has 0 unspecified atom stereocenters. The molecule has 2 heterocycles. The summed E-state index contributed by atoms with van der Waals surface area (Å²) in [6.45, 7) is 2.86. The van der Waals surface area contributed by atoms with Crippen LogP contribution in [0.4, 0.5) is 5.95 Å². The highest BCUT2D eigenvalue weighted by atomic mass is 79.9. The summed E-state index contributed by atoms with van der Waals surface area (Å²) >= 11 is 3.29. The lowest BCUT2D eigenvalue weighted by molar-refractivity contribution is 0.122. The molecule has 7 nitrogen and oxygen atoms in total. The van der Waals surface area contributed by atoms with Crippen molar-refractivity contribution in [3.05, 3.63) is 46.7 Å². The van der Waals surface area contributed by atoms with Gasteiger partial charge in [-0.2, -0.15) is 0 Å². The Morgan fingerprint density at radius 2 is 1.88 bits per heavy atom. The minimum atomic E-state index is -3.58. The van der Waals surface area contributed by atoms with Crippen LogP contribution < -0.4 is 9.62 Å².